The SMILES string of the molecule is C#CCN1CC2NC(=O)N(c3nc4c5c(ccc4s3)CCC5)C2C1. The van der Waals surface area contributed by atoms with Crippen molar-refractivity contribution in [1.82, 2.24) is 15.2 Å². The van der Waals surface area contributed by atoms with E-state index in [4.69, 9.17) is 11.4 Å². The smallest absolute Gasteiger partial charge is 0.324 e. The number of benzene rings is 1. The van der Waals surface area contributed by atoms with E-state index in [1.54, 1.807) is 11.3 Å². The van der Waals surface area contributed by atoms with Crippen LogP contribution in [0.2, 0.25) is 0 Å². The maximum absolute atomic E-state index is 12.5. The van der Waals surface area contributed by atoms with Gasteiger partial charge in [0.05, 0.1) is 28.8 Å². The van der Waals surface area contributed by atoms with Gasteiger partial charge in [-0.1, -0.05) is 23.3 Å². The van der Waals surface area contributed by atoms with Crippen LogP contribution in [0.5, 0.6) is 0 Å². The Kier molecular flexibility index (Phi) is 3.09. The summed E-state index contributed by atoms with van der Waals surface area (Å²) in [5, 5.41) is 3.91. The van der Waals surface area contributed by atoms with E-state index in [1.807, 2.05) is 4.90 Å². The number of rotatable bonds is 2. The second-order valence-corrected chi connectivity index (χ2v) is 7.80. The molecule has 24 heavy (non-hydrogen) atoms. The second-order valence-electron chi connectivity index (χ2n) is 6.79. The first-order valence-electron chi connectivity index (χ1n) is 8.41. The van der Waals surface area contributed by atoms with Gasteiger partial charge in [-0.3, -0.25) is 9.80 Å². The molecule has 5 rings (SSSR count). The highest BCUT2D eigenvalue weighted by atomic mass is 32.1. The van der Waals surface area contributed by atoms with Crippen LogP contribution in [-0.4, -0.2) is 47.6 Å². The fourth-order valence-corrected chi connectivity index (χ4v) is 5.34. The average molecular weight is 338 g/mol. The van der Waals surface area contributed by atoms with Crippen LogP contribution < -0.4 is 10.2 Å². The summed E-state index contributed by atoms with van der Waals surface area (Å²) < 4.78 is 1.18. The van der Waals surface area contributed by atoms with Gasteiger partial charge in [0.1, 0.15) is 0 Å². The Morgan fingerprint density at radius 2 is 2.29 bits per heavy atom. The van der Waals surface area contributed by atoms with E-state index >= 15 is 0 Å². The lowest BCUT2D eigenvalue weighted by Crippen LogP contribution is -2.38. The number of urea groups is 1. The highest BCUT2D eigenvalue weighted by Gasteiger charge is 2.47. The van der Waals surface area contributed by atoms with Crippen molar-refractivity contribution in [2.45, 2.75) is 31.3 Å². The Labute approximate surface area is 144 Å². The normalized spacial score (nSPS) is 25.8. The number of aryl methyl sites for hydroxylation is 2. The van der Waals surface area contributed by atoms with Crippen molar-refractivity contribution in [3.63, 3.8) is 0 Å². The number of nitrogens with zero attached hydrogens (tertiary/aromatic N) is 3. The summed E-state index contributed by atoms with van der Waals surface area (Å²) >= 11 is 1.62. The van der Waals surface area contributed by atoms with Gasteiger partial charge in [0.2, 0.25) is 0 Å². The average Bonchev–Trinajstić information content (AvgIpc) is 3.27. The predicted octanol–water partition coefficient (Wildman–Crippen LogP) is 2.00. The molecular formula is C18H18N4OS. The van der Waals surface area contributed by atoms with E-state index in [-0.39, 0.29) is 18.1 Å². The molecule has 1 aromatic heterocycles. The van der Waals surface area contributed by atoms with Gasteiger partial charge in [-0.15, -0.1) is 6.42 Å². The van der Waals surface area contributed by atoms with Crippen LogP contribution in [-0.2, 0) is 12.8 Å². The van der Waals surface area contributed by atoms with Gasteiger partial charge in [-0.05, 0) is 36.5 Å². The van der Waals surface area contributed by atoms with Crippen molar-refractivity contribution in [3.05, 3.63) is 23.3 Å². The van der Waals surface area contributed by atoms with Gasteiger partial charge in [0.15, 0.2) is 5.13 Å². The number of likely N-dealkylation sites (tertiary alicyclic amines) is 1. The van der Waals surface area contributed by atoms with Gasteiger partial charge in [0.25, 0.3) is 0 Å². The lowest BCUT2D eigenvalue weighted by molar-refractivity contribution is 0.247. The number of hydrogen-bond donors (Lipinski definition) is 1. The Morgan fingerprint density at radius 3 is 3.17 bits per heavy atom. The fourth-order valence-electron chi connectivity index (χ4n) is 4.29. The lowest BCUT2D eigenvalue weighted by atomic mass is 10.1. The largest absolute Gasteiger partial charge is 0.331 e. The molecule has 0 saturated carbocycles. The molecule has 2 amide bonds. The molecule has 2 saturated heterocycles. The summed E-state index contributed by atoms with van der Waals surface area (Å²) in [6, 6.07) is 4.62. The predicted molar refractivity (Wildman–Crippen MR) is 95.5 cm³/mol. The molecule has 0 spiro atoms. The van der Waals surface area contributed by atoms with Crippen molar-refractivity contribution < 1.29 is 4.79 Å². The fraction of sp³-hybridized carbons (Fsp3) is 0.444. The van der Waals surface area contributed by atoms with E-state index in [0.29, 0.717) is 6.54 Å². The number of anilines is 1. The van der Waals surface area contributed by atoms with Crippen LogP contribution in [0, 0.1) is 12.3 Å². The van der Waals surface area contributed by atoms with Crippen LogP contribution in [0.4, 0.5) is 9.93 Å². The van der Waals surface area contributed by atoms with Crippen LogP contribution in [0.15, 0.2) is 12.1 Å². The first-order valence-corrected chi connectivity index (χ1v) is 9.23. The van der Waals surface area contributed by atoms with Gasteiger partial charge in [-0.2, -0.15) is 0 Å². The lowest BCUT2D eigenvalue weighted by Gasteiger charge is -2.20. The zero-order chi connectivity index (χ0) is 16.3. The van der Waals surface area contributed by atoms with E-state index in [0.717, 1.165) is 36.6 Å². The summed E-state index contributed by atoms with van der Waals surface area (Å²) in [7, 11) is 0. The Morgan fingerprint density at radius 1 is 1.38 bits per heavy atom. The third-order valence-electron chi connectivity index (χ3n) is 5.37. The Balaban J connectivity index is 1.53. The molecule has 0 radical (unpaired) electrons. The minimum atomic E-state index is -0.0268. The monoisotopic (exact) mass is 338 g/mol. The van der Waals surface area contributed by atoms with Crippen LogP contribution in [0.3, 0.4) is 0 Å². The second kappa shape index (κ2) is 5.20. The maximum atomic E-state index is 12.5. The van der Waals surface area contributed by atoms with E-state index in [1.165, 1.54) is 22.2 Å². The first kappa shape index (κ1) is 14.3. The van der Waals surface area contributed by atoms with Gasteiger partial charge in [-0.25, -0.2) is 9.78 Å². The summed E-state index contributed by atoms with van der Waals surface area (Å²) in [6.45, 7) is 2.25. The van der Waals surface area contributed by atoms with Crippen LogP contribution in [0.1, 0.15) is 17.5 Å². The molecule has 1 aliphatic carbocycles. The zero-order valence-electron chi connectivity index (χ0n) is 13.3. The molecule has 122 valence electrons. The molecule has 5 nitrogen and oxygen atoms in total. The molecule has 1 N–H and O–H groups in total. The summed E-state index contributed by atoms with van der Waals surface area (Å²) in [5.41, 5.74) is 3.90. The number of hydrogen-bond acceptors (Lipinski definition) is 4. The third-order valence-corrected chi connectivity index (χ3v) is 6.39. The quantitative estimate of drug-likeness (QED) is 0.852. The summed E-state index contributed by atoms with van der Waals surface area (Å²) in [4.78, 5) is 21.4. The molecule has 3 aliphatic rings. The van der Waals surface area contributed by atoms with Crippen LogP contribution in [0.25, 0.3) is 10.2 Å². The number of aromatic nitrogens is 1. The number of thiazole rings is 1. The molecule has 0 bridgehead atoms. The van der Waals surface area contributed by atoms with Crippen LogP contribution >= 0.6 is 11.3 Å². The molecule has 2 atom stereocenters. The standard InChI is InChI=1S/C18H18N4OS/c1-2-8-21-9-13-14(10-21)22(17(23)19-13)18-20-16-12-5-3-4-11(12)6-7-15(16)24-18/h1,6-7,13-14H,3-5,8-10H2,(H,19,23). The molecule has 2 fully saturated rings. The van der Waals surface area contributed by atoms with Crippen molar-refractivity contribution in [3.8, 4) is 12.3 Å². The highest BCUT2D eigenvalue weighted by Crippen LogP contribution is 2.38. The first-order chi connectivity index (χ1) is 11.7. The molecule has 6 heteroatoms. The van der Waals surface area contributed by atoms with Crippen molar-refractivity contribution >= 4 is 32.7 Å². The van der Waals surface area contributed by atoms with E-state index < -0.39 is 0 Å². The summed E-state index contributed by atoms with van der Waals surface area (Å²) in [5.74, 6) is 2.70. The van der Waals surface area contributed by atoms with Gasteiger partial charge < -0.3 is 5.32 Å². The Hall–Kier alpha value is -2.10. The highest BCUT2D eigenvalue weighted by molar-refractivity contribution is 7.22. The topological polar surface area (TPSA) is 48.5 Å². The Bertz CT molecular complexity index is 883. The summed E-state index contributed by atoms with van der Waals surface area (Å²) in [6.07, 6.45) is 8.89. The zero-order valence-corrected chi connectivity index (χ0v) is 14.1. The molecule has 2 unspecified atom stereocenters. The number of carbonyl (C=O) groups is 1. The number of terminal acetylenes is 1. The van der Waals surface area contributed by atoms with Gasteiger partial charge >= 0.3 is 6.03 Å². The van der Waals surface area contributed by atoms with Gasteiger partial charge in [0, 0.05) is 13.1 Å². The number of carbonyl (C=O) groups excluding carboxylic acids is 1. The van der Waals surface area contributed by atoms with Crippen molar-refractivity contribution in [2.24, 2.45) is 0 Å². The molecule has 2 aliphatic heterocycles. The third kappa shape index (κ3) is 1.98. The van der Waals surface area contributed by atoms with Crippen molar-refractivity contribution in [2.75, 3.05) is 24.5 Å². The molecule has 1 aromatic carbocycles. The minimum absolute atomic E-state index is 0.0268. The van der Waals surface area contributed by atoms with E-state index in [9.17, 15) is 4.79 Å². The minimum Gasteiger partial charge on any atom is -0.331 e. The number of fused-ring (bicyclic) bond motifs is 4. The maximum Gasteiger partial charge on any atom is 0.324 e. The number of nitrogens with one attached hydrogen (secondary N) is 1. The van der Waals surface area contributed by atoms with E-state index in [2.05, 4.69) is 28.3 Å². The number of amides is 2. The molecule has 3 heterocycles. The van der Waals surface area contributed by atoms with Crippen molar-refractivity contribution in [1.29, 1.82) is 0 Å². The molecule has 2 aromatic rings. The molecular weight excluding hydrogens is 320 g/mol.